The van der Waals surface area contributed by atoms with Crippen LogP contribution in [0.15, 0.2) is 22.7 Å². The van der Waals surface area contributed by atoms with Crippen molar-refractivity contribution in [3.8, 4) is 5.75 Å². The summed E-state index contributed by atoms with van der Waals surface area (Å²) in [6.07, 6.45) is 3.71. The van der Waals surface area contributed by atoms with E-state index in [2.05, 4.69) is 54.2 Å². The van der Waals surface area contributed by atoms with Gasteiger partial charge in [0.15, 0.2) is 0 Å². The second kappa shape index (κ2) is 6.27. The molecule has 0 atom stereocenters. The maximum atomic E-state index is 5.85. The SMILES string of the molecule is CC(C)(C)CCOc1ccc(Br)c(CNC2CC2)c1. The molecule has 2 nitrogen and oxygen atoms in total. The maximum absolute atomic E-state index is 5.85. The molecule has 0 unspecified atom stereocenters. The number of benzene rings is 1. The van der Waals surface area contributed by atoms with E-state index in [1.165, 1.54) is 18.4 Å². The van der Waals surface area contributed by atoms with Crippen LogP contribution in [0.5, 0.6) is 5.75 Å². The van der Waals surface area contributed by atoms with Crippen LogP contribution in [0, 0.1) is 5.41 Å². The maximum Gasteiger partial charge on any atom is 0.119 e. The van der Waals surface area contributed by atoms with Gasteiger partial charge in [0.05, 0.1) is 6.61 Å². The Morgan fingerprint density at radius 3 is 2.68 bits per heavy atom. The largest absolute Gasteiger partial charge is 0.494 e. The number of hydrogen-bond acceptors (Lipinski definition) is 2. The van der Waals surface area contributed by atoms with E-state index in [0.29, 0.717) is 5.41 Å². The van der Waals surface area contributed by atoms with Gasteiger partial charge in [-0.3, -0.25) is 0 Å². The van der Waals surface area contributed by atoms with Crippen molar-refractivity contribution in [3.05, 3.63) is 28.2 Å². The average Bonchev–Trinajstić information content (AvgIpc) is 3.12. The third kappa shape index (κ3) is 5.53. The molecule has 1 fully saturated rings. The predicted octanol–water partition coefficient (Wildman–Crippen LogP) is 4.52. The Morgan fingerprint density at radius 2 is 2.05 bits per heavy atom. The molecule has 0 bridgehead atoms. The first kappa shape index (κ1) is 14.9. The fourth-order valence-electron chi connectivity index (χ4n) is 1.79. The number of hydrogen-bond donors (Lipinski definition) is 1. The monoisotopic (exact) mass is 325 g/mol. The molecule has 3 heteroatoms. The van der Waals surface area contributed by atoms with Gasteiger partial charge in [0, 0.05) is 17.1 Å². The third-order valence-electron chi connectivity index (χ3n) is 3.30. The normalized spacial score (nSPS) is 15.6. The minimum atomic E-state index is 0.325. The van der Waals surface area contributed by atoms with E-state index < -0.39 is 0 Å². The van der Waals surface area contributed by atoms with Crippen LogP contribution < -0.4 is 10.1 Å². The summed E-state index contributed by atoms with van der Waals surface area (Å²) in [5.41, 5.74) is 1.60. The van der Waals surface area contributed by atoms with E-state index in [0.717, 1.165) is 35.8 Å². The summed E-state index contributed by atoms with van der Waals surface area (Å²) in [6, 6.07) is 6.99. The summed E-state index contributed by atoms with van der Waals surface area (Å²) in [5, 5.41) is 3.54. The summed E-state index contributed by atoms with van der Waals surface area (Å²) in [6.45, 7) is 8.41. The van der Waals surface area contributed by atoms with Gasteiger partial charge >= 0.3 is 0 Å². The summed E-state index contributed by atoms with van der Waals surface area (Å²) < 4.78 is 7.01. The van der Waals surface area contributed by atoms with E-state index in [4.69, 9.17) is 4.74 Å². The Hall–Kier alpha value is -0.540. The van der Waals surface area contributed by atoms with Gasteiger partial charge < -0.3 is 10.1 Å². The Labute approximate surface area is 125 Å². The van der Waals surface area contributed by atoms with Gasteiger partial charge in [0.25, 0.3) is 0 Å². The Kier molecular flexibility index (Phi) is 4.91. The van der Waals surface area contributed by atoms with Gasteiger partial charge in [-0.1, -0.05) is 36.7 Å². The lowest BCUT2D eigenvalue weighted by molar-refractivity contribution is 0.243. The fraction of sp³-hybridized carbons (Fsp3) is 0.625. The van der Waals surface area contributed by atoms with Crippen molar-refractivity contribution in [2.45, 2.75) is 52.6 Å². The van der Waals surface area contributed by atoms with Gasteiger partial charge in [0.1, 0.15) is 5.75 Å². The molecule has 1 aliphatic carbocycles. The quantitative estimate of drug-likeness (QED) is 0.830. The zero-order valence-electron chi connectivity index (χ0n) is 12.1. The van der Waals surface area contributed by atoms with Crippen LogP contribution in [0.25, 0.3) is 0 Å². The second-order valence-corrected chi connectivity index (χ2v) is 7.42. The molecule has 2 rings (SSSR count). The second-order valence-electron chi connectivity index (χ2n) is 6.57. The summed E-state index contributed by atoms with van der Waals surface area (Å²) >= 11 is 3.61. The standard InChI is InChI=1S/C16H24BrNO/c1-16(2,3)8-9-19-14-6-7-15(17)12(10-14)11-18-13-4-5-13/h6-7,10,13,18H,4-5,8-9,11H2,1-3H3. The molecule has 19 heavy (non-hydrogen) atoms. The lowest BCUT2D eigenvalue weighted by atomic mass is 9.93. The molecule has 0 spiro atoms. The van der Waals surface area contributed by atoms with E-state index in [1.807, 2.05) is 6.07 Å². The molecule has 1 aliphatic rings. The minimum absolute atomic E-state index is 0.325. The predicted molar refractivity (Wildman–Crippen MR) is 83.6 cm³/mol. The van der Waals surface area contributed by atoms with Gasteiger partial charge in [-0.25, -0.2) is 0 Å². The van der Waals surface area contributed by atoms with Crippen molar-refractivity contribution in [1.29, 1.82) is 0 Å². The highest BCUT2D eigenvalue weighted by Crippen LogP contribution is 2.26. The zero-order valence-corrected chi connectivity index (χ0v) is 13.7. The summed E-state index contributed by atoms with van der Waals surface area (Å²) in [4.78, 5) is 0. The number of ether oxygens (including phenoxy) is 1. The van der Waals surface area contributed by atoms with Crippen LogP contribution in [0.3, 0.4) is 0 Å². The lowest BCUT2D eigenvalue weighted by Gasteiger charge is -2.18. The minimum Gasteiger partial charge on any atom is -0.494 e. The van der Waals surface area contributed by atoms with E-state index in [9.17, 15) is 0 Å². The van der Waals surface area contributed by atoms with Crippen molar-refractivity contribution in [2.75, 3.05) is 6.61 Å². The molecule has 0 radical (unpaired) electrons. The van der Waals surface area contributed by atoms with Crippen molar-refractivity contribution in [1.82, 2.24) is 5.32 Å². The molecular weight excluding hydrogens is 302 g/mol. The highest BCUT2D eigenvalue weighted by atomic mass is 79.9. The lowest BCUT2D eigenvalue weighted by Crippen LogP contribution is -2.16. The van der Waals surface area contributed by atoms with Crippen LogP contribution in [0.4, 0.5) is 0 Å². The van der Waals surface area contributed by atoms with E-state index >= 15 is 0 Å². The molecule has 1 aromatic carbocycles. The van der Waals surface area contributed by atoms with Crippen molar-refractivity contribution in [2.24, 2.45) is 5.41 Å². The molecule has 0 saturated heterocycles. The first-order valence-corrected chi connectivity index (χ1v) is 7.88. The van der Waals surface area contributed by atoms with E-state index in [1.54, 1.807) is 0 Å². The molecular formula is C16H24BrNO. The van der Waals surface area contributed by atoms with Crippen LogP contribution >= 0.6 is 15.9 Å². The number of nitrogens with one attached hydrogen (secondary N) is 1. The third-order valence-corrected chi connectivity index (χ3v) is 4.07. The molecule has 106 valence electrons. The Morgan fingerprint density at radius 1 is 1.32 bits per heavy atom. The van der Waals surface area contributed by atoms with Crippen molar-refractivity contribution < 1.29 is 4.74 Å². The average molecular weight is 326 g/mol. The number of halogens is 1. The molecule has 0 heterocycles. The first-order chi connectivity index (χ1) is 8.94. The van der Waals surface area contributed by atoms with Gasteiger partial charge in [-0.15, -0.1) is 0 Å². The van der Waals surface area contributed by atoms with E-state index in [-0.39, 0.29) is 0 Å². The molecule has 0 aliphatic heterocycles. The Balaban J connectivity index is 1.87. The number of rotatable bonds is 6. The highest BCUT2D eigenvalue weighted by molar-refractivity contribution is 9.10. The van der Waals surface area contributed by atoms with Gasteiger partial charge in [0.2, 0.25) is 0 Å². The summed E-state index contributed by atoms with van der Waals surface area (Å²) in [5.74, 6) is 0.972. The van der Waals surface area contributed by atoms with Crippen LogP contribution in [0.2, 0.25) is 0 Å². The smallest absolute Gasteiger partial charge is 0.119 e. The molecule has 1 aromatic rings. The van der Waals surface area contributed by atoms with Crippen molar-refractivity contribution >= 4 is 15.9 Å². The summed E-state index contributed by atoms with van der Waals surface area (Å²) in [7, 11) is 0. The van der Waals surface area contributed by atoms with Gasteiger partial charge in [-0.05, 0) is 48.4 Å². The molecule has 1 saturated carbocycles. The molecule has 0 aromatic heterocycles. The van der Waals surface area contributed by atoms with Crippen molar-refractivity contribution in [3.63, 3.8) is 0 Å². The highest BCUT2D eigenvalue weighted by Gasteiger charge is 2.20. The van der Waals surface area contributed by atoms with Crippen LogP contribution in [-0.4, -0.2) is 12.6 Å². The van der Waals surface area contributed by atoms with Crippen LogP contribution in [-0.2, 0) is 6.54 Å². The zero-order chi connectivity index (χ0) is 13.9. The molecule has 1 N–H and O–H groups in total. The van der Waals surface area contributed by atoms with Gasteiger partial charge in [-0.2, -0.15) is 0 Å². The topological polar surface area (TPSA) is 21.3 Å². The Bertz CT molecular complexity index is 421. The molecule has 0 amide bonds. The first-order valence-electron chi connectivity index (χ1n) is 7.09. The van der Waals surface area contributed by atoms with Crippen LogP contribution in [0.1, 0.15) is 45.6 Å². The fourth-order valence-corrected chi connectivity index (χ4v) is 2.18.